The average Bonchev–Trinajstić information content (AvgIpc) is 3.20. The van der Waals surface area contributed by atoms with Crippen molar-refractivity contribution in [2.75, 3.05) is 0 Å². The van der Waals surface area contributed by atoms with Crippen molar-refractivity contribution in [3.8, 4) is 0 Å². The van der Waals surface area contributed by atoms with E-state index in [1.165, 1.54) is 6.26 Å². The van der Waals surface area contributed by atoms with Crippen molar-refractivity contribution < 1.29 is 23.5 Å². The van der Waals surface area contributed by atoms with Crippen LogP contribution in [-0.2, 0) is 14.3 Å². The zero-order valence-electron chi connectivity index (χ0n) is 14.7. The first kappa shape index (κ1) is 16.4. The molecular formula is C20H24O5. The van der Waals surface area contributed by atoms with Crippen molar-refractivity contribution >= 4 is 11.9 Å². The molecule has 3 fully saturated rings. The molecule has 5 nitrogen and oxygen atoms in total. The summed E-state index contributed by atoms with van der Waals surface area (Å²) in [6, 6.07) is 3.28. The van der Waals surface area contributed by atoms with Gasteiger partial charge in [0, 0.05) is 23.3 Å². The topological polar surface area (TPSA) is 65.7 Å². The van der Waals surface area contributed by atoms with Crippen LogP contribution in [0.4, 0.5) is 0 Å². The minimum absolute atomic E-state index is 0.104. The van der Waals surface area contributed by atoms with Crippen LogP contribution in [0.2, 0.25) is 0 Å². The van der Waals surface area contributed by atoms with Crippen LogP contribution in [-0.4, -0.2) is 24.1 Å². The number of fused-ring (bicyclic) bond motifs is 3. The van der Waals surface area contributed by atoms with Gasteiger partial charge in [-0.25, -0.2) is 9.59 Å². The Morgan fingerprint density at radius 1 is 1.36 bits per heavy atom. The number of carbonyl (C=O) groups excluding carboxylic acids is 2. The van der Waals surface area contributed by atoms with Gasteiger partial charge in [-0.05, 0) is 43.2 Å². The molecule has 0 aromatic carbocycles. The van der Waals surface area contributed by atoms with Gasteiger partial charge in [0.05, 0.1) is 6.26 Å². The molecule has 5 heteroatoms. The number of hydrogen-bond donors (Lipinski definition) is 0. The Morgan fingerprint density at radius 3 is 2.84 bits per heavy atom. The fraction of sp³-hybridized carbons (Fsp3) is 0.600. The Bertz CT molecular complexity index is 706. The Kier molecular flexibility index (Phi) is 3.78. The number of ether oxygens (including phenoxy) is 2. The lowest BCUT2D eigenvalue weighted by Crippen LogP contribution is -2.53. The lowest BCUT2D eigenvalue weighted by Gasteiger charge is -2.53. The summed E-state index contributed by atoms with van der Waals surface area (Å²) >= 11 is 0. The summed E-state index contributed by atoms with van der Waals surface area (Å²) < 4.78 is 16.6. The first-order chi connectivity index (χ1) is 11.9. The van der Waals surface area contributed by atoms with Crippen molar-refractivity contribution in [3.63, 3.8) is 0 Å². The summed E-state index contributed by atoms with van der Waals surface area (Å²) in [7, 11) is 0. The summed E-state index contributed by atoms with van der Waals surface area (Å²) in [6.45, 7) is 8.33. The summed E-state index contributed by atoms with van der Waals surface area (Å²) in [5.41, 5.74) is 0.716. The van der Waals surface area contributed by atoms with Crippen molar-refractivity contribution in [1.82, 2.24) is 0 Å². The second-order valence-corrected chi connectivity index (χ2v) is 8.04. The maximum Gasteiger partial charge on any atom is 0.374 e. The molecule has 6 atom stereocenters. The number of carbonyl (C=O) groups is 2. The fourth-order valence-electron chi connectivity index (χ4n) is 5.29. The Balaban J connectivity index is 1.56. The summed E-state index contributed by atoms with van der Waals surface area (Å²) in [5, 5.41) is 0. The van der Waals surface area contributed by atoms with Crippen LogP contribution < -0.4 is 0 Å². The van der Waals surface area contributed by atoms with E-state index in [1.807, 2.05) is 0 Å². The van der Waals surface area contributed by atoms with Gasteiger partial charge < -0.3 is 13.9 Å². The molecule has 2 heterocycles. The summed E-state index contributed by atoms with van der Waals surface area (Å²) in [4.78, 5) is 24.3. The number of hydrogen-bond acceptors (Lipinski definition) is 5. The molecule has 3 aliphatic rings. The summed E-state index contributed by atoms with van der Waals surface area (Å²) in [6.07, 6.45) is 4.93. The average molecular weight is 344 g/mol. The fourth-order valence-corrected chi connectivity index (χ4v) is 5.29. The quantitative estimate of drug-likeness (QED) is 0.604. The lowest BCUT2D eigenvalue weighted by molar-refractivity contribution is -0.159. The van der Waals surface area contributed by atoms with E-state index in [9.17, 15) is 9.59 Å². The first-order valence-corrected chi connectivity index (χ1v) is 9.05. The van der Waals surface area contributed by atoms with Crippen LogP contribution in [0.1, 0.15) is 50.1 Å². The monoisotopic (exact) mass is 344 g/mol. The van der Waals surface area contributed by atoms with Crippen molar-refractivity contribution in [3.05, 3.63) is 36.3 Å². The Labute approximate surface area is 147 Å². The van der Waals surface area contributed by atoms with E-state index in [2.05, 4.69) is 20.4 Å². The smallest absolute Gasteiger partial charge is 0.374 e. The third kappa shape index (κ3) is 2.52. The maximum atomic E-state index is 12.3. The van der Waals surface area contributed by atoms with Gasteiger partial charge in [-0.3, -0.25) is 0 Å². The molecule has 1 saturated heterocycles. The van der Waals surface area contributed by atoms with Gasteiger partial charge in [-0.2, -0.15) is 0 Å². The summed E-state index contributed by atoms with van der Waals surface area (Å²) in [5.74, 6) is -0.0659. The van der Waals surface area contributed by atoms with E-state index < -0.39 is 5.97 Å². The second-order valence-electron chi connectivity index (χ2n) is 8.04. The van der Waals surface area contributed by atoms with Crippen molar-refractivity contribution in [1.29, 1.82) is 0 Å². The first-order valence-electron chi connectivity index (χ1n) is 9.05. The molecule has 0 bridgehead atoms. The third-order valence-corrected chi connectivity index (χ3v) is 6.67. The lowest BCUT2D eigenvalue weighted by atomic mass is 9.53. The number of furan rings is 1. The van der Waals surface area contributed by atoms with Gasteiger partial charge in [0.15, 0.2) is 0 Å². The van der Waals surface area contributed by atoms with Crippen molar-refractivity contribution in [2.45, 2.75) is 51.7 Å². The van der Waals surface area contributed by atoms with Crippen LogP contribution in [0.15, 0.2) is 35.0 Å². The standard InChI is InChI=1S/C20H24O5/c1-11-13-6-8-20(3)9-7-14(24-19(22)15-5-4-10-23-15)12(2)16(20)17(13)25-18(11)21/h4-5,10,12-14,16-17H,1,6-9H2,2-3H3. The van der Waals surface area contributed by atoms with Gasteiger partial charge >= 0.3 is 11.9 Å². The van der Waals surface area contributed by atoms with Crippen molar-refractivity contribution in [2.24, 2.45) is 23.2 Å². The Morgan fingerprint density at radius 2 is 2.12 bits per heavy atom. The molecule has 2 aliphatic carbocycles. The zero-order valence-corrected chi connectivity index (χ0v) is 14.7. The van der Waals surface area contributed by atoms with Gasteiger partial charge in [0.25, 0.3) is 0 Å². The van der Waals surface area contributed by atoms with Gasteiger partial charge in [0.1, 0.15) is 12.2 Å². The molecule has 2 saturated carbocycles. The number of esters is 2. The van der Waals surface area contributed by atoms with Gasteiger partial charge in [0.2, 0.25) is 5.76 Å². The van der Waals surface area contributed by atoms with Gasteiger partial charge in [-0.15, -0.1) is 0 Å². The molecule has 1 aromatic heterocycles. The highest BCUT2D eigenvalue weighted by Crippen LogP contribution is 2.58. The maximum absolute atomic E-state index is 12.3. The molecule has 0 radical (unpaired) electrons. The number of rotatable bonds is 2. The highest BCUT2D eigenvalue weighted by Gasteiger charge is 2.58. The van der Waals surface area contributed by atoms with E-state index in [1.54, 1.807) is 12.1 Å². The molecule has 6 unspecified atom stereocenters. The van der Waals surface area contributed by atoms with Gasteiger partial charge in [-0.1, -0.05) is 20.4 Å². The van der Waals surface area contributed by atoms with E-state index >= 15 is 0 Å². The van der Waals surface area contributed by atoms with Crippen LogP contribution >= 0.6 is 0 Å². The minimum atomic E-state index is -0.425. The largest absolute Gasteiger partial charge is 0.458 e. The molecule has 1 aliphatic heterocycles. The highest BCUT2D eigenvalue weighted by atomic mass is 16.6. The van der Waals surface area contributed by atoms with Crippen LogP contribution in [0.5, 0.6) is 0 Å². The molecule has 25 heavy (non-hydrogen) atoms. The van der Waals surface area contributed by atoms with Crippen LogP contribution in [0.25, 0.3) is 0 Å². The molecule has 134 valence electrons. The zero-order chi connectivity index (χ0) is 17.8. The normalized spacial score (nSPS) is 40.2. The van der Waals surface area contributed by atoms with Crippen LogP contribution in [0.3, 0.4) is 0 Å². The predicted molar refractivity (Wildman–Crippen MR) is 89.7 cm³/mol. The van der Waals surface area contributed by atoms with E-state index in [0.29, 0.717) is 5.57 Å². The predicted octanol–water partition coefficient (Wildman–Crippen LogP) is 3.75. The van der Waals surface area contributed by atoms with Crippen LogP contribution in [0, 0.1) is 23.2 Å². The molecular weight excluding hydrogens is 320 g/mol. The molecule has 0 amide bonds. The molecule has 0 N–H and O–H groups in total. The van der Waals surface area contributed by atoms with E-state index in [4.69, 9.17) is 13.9 Å². The van der Waals surface area contributed by atoms with E-state index in [0.717, 1.165) is 25.7 Å². The van der Waals surface area contributed by atoms with E-state index in [-0.39, 0.29) is 47.1 Å². The second kappa shape index (κ2) is 5.75. The SMILES string of the molecule is C=C1C(=O)OC2C1CCC1(C)CCC(OC(=O)c3ccco3)C(C)C21. The minimum Gasteiger partial charge on any atom is -0.458 e. The molecule has 0 spiro atoms. The molecule has 1 aromatic rings. The Hall–Kier alpha value is -2.04. The third-order valence-electron chi connectivity index (χ3n) is 6.67. The molecule has 4 rings (SSSR count). The highest BCUT2D eigenvalue weighted by molar-refractivity contribution is 5.91.